The molecule has 0 aromatic heterocycles. The van der Waals surface area contributed by atoms with Crippen LogP contribution in [0, 0.1) is 0 Å². The minimum Gasteiger partial charge on any atom is -0.496 e. The van der Waals surface area contributed by atoms with Gasteiger partial charge in [0.2, 0.25) is 11.5 Å². The number of amidine groups is 2. The fourth-order valence-corrected chi connectivity index (χ4v) is 1.87. The predicted molar refractivity (Wildman–Crippen MR) is 69.3 cm³/mol. The molecule has 2 aliphatic rings. The molecule has 0 bridgehead atoms. The van der Waals surface area contributed by atoms with Crippen molar-refractivity contribution in [1.29, 1.82) is 0 Å². The second-order valence-electron chi connectivity index (χ2n) is 4.23. The molecule has 0 spiro atoms. The Morgan fingerprint density at radius 3 is 2.59 bits per heavy atom. The van der Waals surface area contributed by atoms with Gasteiger partial charge in [0.1, 0.15) is 5.75 Å². The van der Waals surface area contributed by atoms with E-state index in [2.05, 4.69) is 25.4 Å². The first-order valence-corrected chi connectivity index (χ1v) is 5.86. The SMILES string of the molecule is COc1ccc(C(F)(F)F)cc1C1=NC(=O)C2=NN=NC2=N1. The second kappa shape index (κ2) is 4.83. The minimum atomic E-state index is -4.55. The fourth-order valence-electron chi connectivity index (χ4n) is 1.87. The van der Waals surface area contributed by atoms with Crippen LogP contribution in [0.5, 0.6) is 5.75 Å². The summed E-state index contributed by atoms with van der Waals surface area (Å²) in [6.45, 7) is 0. The lowest BCUT2D eigenvalue weighted by Gasteiger charge is -2.13. The van der Waals surface area contributed by atoms with Crippen molar-refractivity contribution in [2.75, 3.05) is 7.11 Å². The van der Waals surface area contributed by atoms with Crippen LogP contribution in [0.1, 0.15) is 11.1 Å². The summed E-state index contributed by atoms with van der Waals surface area (Å²) in [5, 5.41) is 10.2. The summed E-state index contributed by atoms with van der Waals surface area (Å²) in [6, 6.07) is 2.80. The van der Waals surface area contributed by atoms with E-state index in [0.29, 0.717) is 0 Å². The lowest BCUT2D eigenvalue weighted by molar-refractivity contribution is -0.137. The summed E-state index contributed by atoms with van der Waals surface area (Å²) >= 11 is 0. The Balaban J connectivity index is 2.13. The maximum atomic E-state index is 12.8. The molecule has 0 aliphatic carbocycles. The zero-order valence-corrected chi connectivity index (χ0v) is 10.9. The number of benzene rings is 1. The largest absolute Gasteiger partial charge is 0.496 e. The number of carbonyl (C=O) groups excluding carboxylic acids is 1. The van der Waals surface area contributed by atoms with Gasteiger partial charge in [-0.3, -0.25) is 4.79 Å². The molecule has 1 aromatic rings. The number of ether oxygens (including phenoxy) is 1. The van der Waals surface area contributed by atoms with Crippen molar-refractivity contribution in [3.05, 3.63) is 29.3 Å². The first-order valence-electron chi connectivity index (χ1n) is 5.86. The van der Waals surface area contributed by atoms with Crippen LogP contribution in [-0.4, -0.2) is 30.4 Å². The Morgan fingerprint density at radius 1 is 1.14 bits per heavy atom. The van der Waals surface area contributed by atoms with Crippen LogP contribution in [0.3, 0.4) is 0 Å². The summed E-state index contributed by atoms with van der Waals surface area (Å²) in [5.41, 5.74) is -1.12. The molecule has 1 aromatic carbocycles. The van der Waals surface area contributed by atoms with Crippen LogP contribution < -0.4 is 4.74 Å². The number of fused-ring (bicyclic) bond motifs is 1. The van der Waals surface area contributed by atoms with E-state index < -0.39 is 17.6 Å². The third kappa shape index (κ3) is 2.28. The molecule has 2 heterocycles. The first-order chi connectivity index (χ1) is 10.4. The zero-order chi connectivity index (χ0) is 15.9. The van der Waals surface area contributed by atoms with E-state index in [9.17, 15) is 18.0 Å². The summed E-state index contributed by atoms with van der Waals surface area (Å²) < 4.78 is 43.5. The maximum absolute atomic E-state index is 12.8. The van der Waals surface area contributed by atoms with Crippen LogP contribution in [0.4, 0.5) is 13.2 Å². The van der Waals surface area contributed by atoms with Gasteiger partial charge in [0, 0.05) is 0 Å². The van der Waals surface area contributed by atoms with E-state index in [0.717, 1.165) is 18.2 Å². The van der Waals surface area contributed by atoms with Crippen molar-refractivity contribution in [1.82, 2.24) is 0 Å². The molecule has 0 saturated heterocycles. The molecular weight excluding hydrogens is 303 g/mol. The summed E-state index contributed by atoms with van der Waals surface area (Å²) in [4.78, 5) is 19.3. The summed E-state index contributed by atoms with van der Waals surface area (Å²) in [6.07, 6.45) is -4.55. The Morgan fingerprint density at radius 2 is 1.91 bits per heavy atom. The molecular formula is C12H6F3N5O2. The number of aliphatic imine (C=N–C) groups is 2. The van der Waals surface area contributed by atoms with Gasteiger partial charge in [0.15, 0.2) is 5.84 Å². The van der Waals surface area contributed by atoms with E-state index in [-0.39, 0.29) is 28.7 Å². The number of halogens is 3. The van der Waals surface area contributed by atoms with Crippen LogP contribution in [0.2, 0.25) is 0 Å². The molecule has 112 valence electrons. The molecule has 10 heteroatoms. The number of hydrogen-bond acceptors (Lipinski definition) is 6. The lowest BCUT2D eigenvalue weighted by Crippen LogP contribution is -2.26. The normalized spacial score (nSPS) is 16.9. The van der Waals surface area contributed by atoms with Gasteiger partial charge in [0.25, 0.3) is 0 Å². The number of carbonyl (C=O) groups is 1. The van der Waals surface area contributed by atoms with Gasteiger partial charge in [-0.25, -0.2) is 4.99 Å². The highest BCUT2D eigenvalue weighted by molar-refractivity contribution is 6.69. The second-order valence-corrected chi connectivity index (χ2v) is 4.23. The molecule has 0 saturated carbocycles. The molecule has 22 heavy (non-hydrogen) atoms. The monoisotopic (exact) mass is 309 g/mol. The number of nitrogens with zero attached hydrogens (tertiary/aromatic N) is 5. The standard InChI is InChI=1S/C12H6F3N5O2/c1-22-7-3-2-5(12(13,14)15)4-6(7)9-16-10-8(11(21)17-9)18-20-19-10/h2-4H,1H3. The van der Waals surface area contributed by atoms with Gasteiger partial charge in [0.05, 0.1) is 18.2 Å². The van der Waals surface area contributed by atoms with Crippen molar-refractivity contribution in [3.8, 4) is 5.75 Å². The van der Waals surface area contributed by atoms with E-state index in [1.165, 1.54) is 7.11 Å². The smallest absolute Gasteiger partial charge is 0.416 e. The quantitative estimate of drug-likeness (QED) is 0.838. The number of alkyl halides is 3. The molecule has 0 fully saturated rings. The molecule has 0 unspecified atom stereocenters. The number of hydrogen-bond donors (Lipinski definition) is 0. The first kappa shape index (κ1) is 14.0. The van der Waals surface area contributed by atoms with Crippen molar-refractivity contribution < 1.29 is 22.7 Å². The topological polar surface area (TPSA) is 88.1 Å². The van der Waals surface area contributed by atoms with Gasteiger partial charge in [-0.2, -0.15) is 18.2 Å². The molecule has 7 nitrogen and oxygen atoms in total. The zero-order valence-electron chi connectivity index (χ0n) is 10.9. The van der Waals surface area contributed by atoms with Crippen molar-refractivity contribution in [3.63, 3.8) is 0 Å². The highest BCUT2D eigenvalue weighted by atomic mass is 19.4. The highest BCUT2D eigenvalue weighted by Crippen LogP contribution is 2.33. The van der Waals surface area contributed by atoms with Crippen LogP contribution >= 0.6 is 0 Å². The number of amides is 1. The molecule has 0 N–H and O–H groups in total. The van der Waals surface area contributed by atoms with Gasteiger partial charge >= 0.3 is 12.1 Å². The Bertz CT molecular complexity index is 792. The minimum absolute atomic E-state index is 0.0701. The lowest BCUT2D eigenvalue weighted by atomic mass is 10.1. The number of rotatable bonds is 2. The van der Waals surface area contributed by atoms with Crippen LogP contribution in [0.15, 0.2) is 43.6 Å². The van der Waals surface area contributed by atoms with E-state index in [1.807, 2.05) is 0 Å². The van der Waals surface area contributed by atoms with Crippen LogP contribution in [0.25, 0.3) is 0 Å². The Hall–Kier alpha value is -2.91. The van der Waals surface area contributed by atoms with E-state index in [1.54, 1.807) is 0 Å². The van der Waals surface area contributed by atoms with Crippen molar-refractivity contribution >= 4 is 23.3 Å². The summed E-state index contributed by atoms with van der Waals surface area (Å²) in [5.74, 6) is -0.999. The van der Waals surface area contributed by atoms with Gasteiger partial charge in [-0.15, -0.1) is 10.2 Å². The Labute approximate surface area is 120 Å². The molecule has 0 atom stereocenters. The fraction of sp³-hybridized carbons (Fsp3) is 0.167. The summed E-state index contributed by atoms with van der Waals surface area (Å²) in [7, 11) is 1.28. The van der Waals surface area contributed by atoms with Gasteiger partial charge in [-0.1, -0.05) is 0 Å². The highest BCUT2D eigenvalue weighted by Gasteiger charge is 2.33. The van der Waals surface area contributed by atoms with E-state index in [4.69, 9.17) is 4.74 Å². The van der Waals surface area contributed by atoms with Crippen molar-refractivity contribution in [2.45, 2.75) is 6.18 Å². The third-order valence-electron chi connectivity index (χ3n) is 2.89. The van der Waals surface area contributed by atoms with Gasteiger partial charge < -0.3 is 4.74 Å². The van der Waals surface area contributed by atoms with Crippen molar-refractivity contribution in [2.24, 2.45) is 25.4 Å². The average molecular weight is 309 g/mol. The van der Waals surface area contributed by atoms with E-state index >= 15 is 0 Å². The van der Waals surface area contributed by atoms with Gasteiger partial charge in [-0.05, 0) is 23.4 Å². The molecule has 3 rings (SSSR count). The average Bonchev–Trinajstić information content (AvgIpc) is 2.94. The van der Waals surface area contributed by atoms with Crippen LogP contribution in [-0.2, 0) is 11.0 Å². The molecule has 0 radical (unpaired) electrons. The third-order valence-corrected chi connectivity index (χ3v) is 2.89. The number of methoxy groups -OCH3 is 1. The Kier molecular flexibility index (Phi) is 3.08. The molecule has 2 aliphatic heterocycles. The molecule has 1 amide bonds. The predicted octanol–water partition coefficient (Wildman–Crippen LogP) is 2.22. The maximum Gasteiger partial charge on any atom is 0.416 e.